The Kier molecular flexibility index (Phi) is 17.5. The van der Waals surface area contributed by atoms with Crippen LogP contribution in [0.3, 0.4) is 0 Å². The molecular weight excluding hydrogens is 480 g/mol. The van der Waals surface area contributed by atoms with Gasteiger partial charge in [0.1, 0.15) is 11.3 Å². The lowest BCUT2D eigenvalue weighted by Gasteiger charge is -2.13. The largest absolute Gasteiger partial charge is 0.483 e. The molecular formula is C32H48O6. The first-order valence-electron chi connectivity index (χ1n) is 14.3. The molecule has 6 heteroatoms. The molecule has 1 unspecified atom stereocenters. The van der Waals surface area contributed by atoms with E-state index in [0.717, 1.165) is 38.5 Å². The number of hydrogen-bond acceptors (Lipinski definition) is 6. The molecule has 0 saturated heterocycles. The van der Waals surface area contributed by atoms with Gasteiger partial charge in [-0.2, -0.15) is 0 Å². The van der Waals surface area contributed by atoms with E-state index in [1.165, 1.54) is 44.6 Å². The molecule has 1 aromatic rings. The minimum Gasteiger partial charge on any atom is -0.483 e. The summed E-state index contributed by atoms with van der Waals surface area (Å²) in [4.78, 5) is 37.7. The first kappa shape index (κ1) is 33.1. The van der Waals surface area contributed by atoms with Crippen molar-refractivity contribution in [1.82, 2.24) is 0 Å². The molecule has 0 N–H and O–H groups in total. The van der Waals surface area contributed by atoms with Gasteiger partial charge in [0.2, 0.25) is 0 Å². The van der Waals surface area contributed by atoms with Gasteiger partial charge in [0.15, 0.2) is 11.9 Å². The van der Waals surface area contributed by atoms with Crippen LogP contribution in [0.25, 0.3) is 6.08 Å². The second-order valence-corrected chi connectivity index (χ2v) is 9.84. The van der Waals surface area contributed by atoms with E-state index in [9.17, 15) is 14.4 Å². The van der Waals surface area contributed by atoms with E-state index in [1.807, 2.05) is 0 Å². The van der Waals surface area contributed by atoms with E-state index in [1.54, 1.807) is 38.1 Å². The second-order valence-electron chi connectivity index (χ2n) is 9.84. The van der Waals surface area contributed by atoms with E-state index < -0.39 is 18.0 Å². The van der Waals surface area contributed by atoms with Crippen molar-refractivity contribution in [3.8, 4) is 5.75 Å². The minimum absolute atomic E-state index is 0.124. The van der Waals surface area contributed by atoms with Crippen LogP contribution >= 0.6 is 0 Å². The van der Waals surface area contributed by atoms with Crippen molar-refractivity contribution in [3.05, 3.63) is 47.6 Å². The normalized spacial score (nSPS) is 11.4. The van der Waals surface area contributed by atoms with Gasteiger partial charge in [-0.3, -0.25) is 4.79 Å². The van der Waals surface area contributed by atoms with Crippen molar-refractivity contribution in [2.45, 2.75) is 111 Å². The maximum atomic E-state index is 12.8. The van der Waals surface area contributed by atoms with Crippen molar-refractivity contribution in [2.24, 2.45) is 0 Å². The van der Waals surface area contributed by atoms with Gasteiger partial charge < -0.3 is 14.2 Å². The smallest absolute Gasteiger partial charge is 0.345 e. The molecule has 0 amide bonds. The molecule has 212 valence electrons. The summed E-state index contributed by atoms with van der Waals surface area (Å²) in [5.74, 6) is -1.01. The number of Topliss-reactive ketones (excluding diaryl/α,β-unsaturated/α-hetero) is 1. The van der Waals surface area contributed by atoms with Gasteiger partial charge >= 0.3 is 11.9 Å². The summed E-state index contributed by atoms with van der Waals surface area (Å²) < 4.78 is 16.5. The van der Waals surface area contributed by atoms with Crippen molar-refractivity contribution in [2.75, 3.05) is 13.2 Å². The summed E-state index contributed by atoms with van der Waals surface area (Å²) in [6, 6.07) is 6.81. The summed E-state index contributed by atoms with van der Waals surface area (Å²) >= 11 is 0. The van der Waals surface area contributed by atoms with E-state index >= 15 is 0 Å². The SMILES string of the molecule is C=C(C)C(=O)C(C)Oc1ccc(C=C(C(=O)OCCCCCCCC)C(=O)OCCCCCCCC)cc1. The van der Waals surface area contributed by atoms with Crippen LogP contribution < -0.4 is 4.74 Å². The Morgan fingerprint density at radius 1 is 0.763 bits per heavy atom. The van der Waals surface area contributed by atoms with Crippen LogP contribution in [0.2, 0.25) is 0 Å². The van der Waals surface area contributed by atoms with E-state index in [2.05, 4.69) is 20.4 Å². The highest BCUT2D eigenvalue weighted by Crippen LogP contribution is 2.18. The van der Waals surface area contributed by atoms with Crippen molar-refractivity contribution in [3.63, 3.8) is 0 Å². The summed E-state index contributed by atoms with van der Waals surface area (Å²) in [7, 11) is 0. The van der Waals surface area contributed by atoms with Crippen LogP contribution in [0.1, 0.15) is 110 Å². The number of carbonyl (C=O) groups is 3. The van der Waals surface area contributed by atoms with E-state index in [0.29, 0.717) is 16.9 Å². The maximum absolute atomic E-state index is 12.8. The molecule has 0 aliphatic carbocycles. The highest BCUT2D eigenvalue weighted by Gasteiger charge is 2.22. The fourth-order valence-corrected chi connectivity index (χ4v) is 3.87. The Morgan fingerprint density at radius 2 is 1.21 bits per heavy atom. The van der Waals surface area contributed by atoms with Gasteiger partial charge in [-0.05, 0) is 56.0 Å². The molecule has 1 rings (SSSR count). The molecule has 0 heterocycles. The summed E-state index contributed by atoms with van der Waals surface area (Å²) in [5.41, 5.74) is 0.932. The highest BCUT2D eigenvalue weighted by atomic mass is 16.6. The van der Waals surface area contributed by atoms with E-state index in [4.69, 9.17) is 14.2 Å². The molecule has 0 aliphatic rings. The number of benzene rings is 1. The Morgan fingerprint density at radius 3 is 1.66 bits per heavy atom. The quantitative estimate of drug-likeness (QED) is 0.0533. The lowest BCUT2D eigenvalue weighted by Crippen LogP contribution is -2.24. The van der Waals surface area contributed by atoms with Crippen LogP contribution in [0.15, 0.2) is 42.0 Å². The van der Waals surface area contributed by atoms with Gasteiger partial charge in [0.25, 0.3) is 0 Å². The predicted octanol–water partition coefficient (Wildman–Crippen LogP) is 7.79. The average molecular weight is 529 g/mol. The molecule has 38 heavy (non-hydrogen) atoms. The third kappa shape index (κ3) is 14.2. The van der Waals surface area contributed by atoms with Gasteiger partial charge in [-0.15, -0.1) is 0 Å². The monoisotopic (exact) mass is 528 g/mol. The fraction of sp³-hybridized carbons (Fsp3) is 0.594. The third-order valence-electron chi connectivity index (χ3n) is 6.20. The van der Waals surface area contributed by atoms with Crippen molar-refractivity contribution in [1.29, 1.82) is 0 Å². The third-order valence-corrected chi connectivity index (χ3v) is 6.20. The number of esters is 2. The first-order valence-corrected chi connectivity index (χ1v) is 14.3. The fourth-order valence-electron chi connectivity index (χ4n) is 3.87. The number of hydrogen-bond donors (Lipinski definition) is 0. The van der Waals surface area contributed by atoms with Crippen molar-refractivity contribution >= 4 is 23.8 Å². The molecule has 0 saturated carbocycles. The zero-order valence-electron chi connectivity index (χ0n) is 24.0. The molecule has 0 radical (unpaired) electrons. The van der Waals surface area contributed by atoms with Crippen molar-refractivity contribution < 1.29 is 28.6 Å². The van der Waals surface area contributed by atoms with Gasteiger partial charge in [-0.25, -0.2) is 9.59 Å². The molecule has 0 spiro atoms. The Balaban J connectivity index is 2.80. The Labute approximate surface area is 229 Å². The molecule has 0 aromatic heterocycles. The Hall–Kier alpha value is -2.89. The highest BCUT2D eigenvalue weighted by molar-refractivity contribution is 6.17. The number of ether oxygens (including phenoxy) is 3. The van der Waals surface area contributed by atoms with E-state index in [-0.39, 0.29) is 24.6 Å². The standard InChI is InChI=1S/C32H48O6/c1-6-8-10-12-14-16-22-36-31(34)29(32(35)37-23-17-15-13-11-9-7-2)24-27-18-20-28(21-19-27)38-26(5)30(33)25(3)4/h18-21,24,26H,3,6-17,22-23H2,1-2,4-5H3. The van der Waals surface area contributed by atoms with Crippen LogP contribution in [0, 0.1) is 0 Å². The average Bonchev–Trinajstić information content (AvgIpc) is 2.90. The van der Waals surface area contributed by atoms with Crippen LogP contribution in [0.4, 0.5) is 0 Å². The number of ketones is 1. The maximum Gasteiger partial charge on any atom is 0.345 e. The number of unbranched alkanes of at least 4 members (excludes halogenated alkanes) is 10. The van der Waals surface area contributed by atoms with Gasteiger partial charge in [0.05, 0.1) is 13.2 Å². The van der Waals surface area contributed by atoms with Crippen LogP contribution in [0.5, 0.6) is 5.75 Å². The van der Waals surface area contributed by atoms with Crippen LogP contribution in [-0.2, 0) is 23.9 Å². The summed E-state index contributed by atoms with van der Waals surface area (Å²) in [6.07, 6.45) is 13.7. The molecule has 1 atom stereocenters. The zero-order chi connectivity index (χ0) is 28.2. The van der Waals surface area contributed by atoms with Gasteiger partial charge in [-0.1, -0.05) is 96.8 Å². The molecule has 0 fully saturated rings. The molecule has 6 nitrogen and oxygen atoms in total. The lowest BCUT2D eigenvalue weighted by molar-refractivity contribution is -0.147. The molecule has 0 aliphatic heterocycles. The van der Waals surface area contributed by atoms with Gasteiger partial charge in [0, 0.05) is 0 Å². The number of rotatable bonds is 21. The summed E-state index contributed by atoms with van der Waals surface area (Å²) in [6.45, 7) is 11.9. The Bertz CT molecular complexity index is 852. The van der Waals surface area contributed by atoms with Crippen LogP contribution in [-0.4, -0.2) is 37.0 Å². The molecule has 0 bridgehead atoms. The number of carbonyl (C=O) groups excluding carboxylic acids is 3. The predicted molar refractivity (Wildman–Crippen MR) is 153 cm³/mol. The topological polar surface area (TPSA) is 78.9 Å². The zero-order valence-corrected chi connectivity index (χ0v) is 24.0. The summed E-state index contributed by atoms with van der Waals surface area (Å²) in [5, 5.41) is 0. The first-order chi connectivity index (χ1) is 18.3. The molecule has 1 aromatic carbocycles. The lowest BCUT2D eigenvalue weighted by atomic mass is 10.1. The second kappa shape index (κ2) is 20.1. The minimum atomic E-state index is -0.674.